The van der Waals surface area contributed by atoms with E-state index in [-0.39, 0.29) is 6.61 Å². The number of para-hydroxylation sites is 1. The maximum Gasteiger partial charge on any atom is 0.340 e. The van der Waals surface area contributed by atoms with Crippen molar-refractivity contribution in [3.05, 3.63) is 83.4 Å². The predicted octanol–water partition coefficient (Wildman–Crippen LogP) is 5.71. The molecule has 6 nitrogen and oxygen atoms in total. The summed E-state index contributed by atoms with van der Waals surface area (Å²) in [7, 11) is 0. The fraction of sp³-hybridized carbons (Fsp3) is 0.222. The summed E-state index contributed by atoms with van der Waals surface area (Å²) in [6, 6.07) is 23.2. The summed E-state index contributed by atoms with van der Waals surface area (Å²) < 4.78 is 5.25. The van der Waals surface area contributed by atoms with E-state index < -0.39 is 5.97 Å². The van der Waals surface area contributed by atoms with Gasteiger partial charge in [0, 0.05) is 13.1 Å². The number of thiocarbonyl (C=S) groups is 1. The van der Waals surface area contributed by atoms with Crippen LogP contribution in [0.5, 0.6) is 0 Å². The Hall–Kier alpha value is -3.89. The van der Waals surface area contributed by atoms with Crippen LogP contribution in [-0.2, 0) is 11.3 Å². The fourth-order valence-electron chi connectivity index (χ4n) is 3.46. The van der Waals surface area contributed by atoms with Gasteiger partial charge in [0.15, 0.2) is 5.11 Å². The molecule has 7 heteroatoms. The third-order valence-electron chi connectivity index (χ3n) is 5.13. The first-order valence-electron chi connectivity index (χ1n) is 11.2. The number of ether oxygens (including phenoxy) is 1. The molecule has 0 fully saturated rings. The molecule has 3 aromatic carbocycles. The van der Waals surface area contributed by atoms with E-state index in [2.05, 4.69) is 28.9 Å². The lowest BCUT2D eigenvalue weighted by Gasteiger charge is -2.18. The van der Waals surface area contributed by atoms with Gasteiger partial charge in [-0.3, -0.25) is 0 Å². The summed E-state index contributed by atoms with van der Waals surface area (Å²) in [5, 5.41) is 19.6. The standard InChI is InChI=1S/C27H28N4O2S/c1-3-16-29-27(34)31-24-11-7-10-23(26(32)33-4-2)25(24)30-18-19-12-14-20(15-13-19)22-9-6-5-8-21(22)17-28/h5-15,30H,3-4,16,18H2,1-2H3,(H2,29,31,34). The van der Waals surface area contributed by atoms with E-state index >= 15 is 0 Å². The maximum atomic E-state index is 12.6. The Labute approximate surface area is 206 Å². The molecule has 0 heterocycles. The number of nitrogens with one attached hydrogen (secondary N) is 3. The summed E-state index contributed by atoms with van der Waals surface area (Å²) in [5.74, 6) is -0.399. The van der Waals surface area contributed by atoms with Crippen molar-refractivity contribution in [2.45, 2.75) is 26.8 Å². The average Bonchev–Trinajstić information content (AvgIpc) is 2.87. The minimum atomic E-state index is -0.399. The number of rotatable bonds is 9. The van der Waals surface area contributed by atoms with Gasteiger partial charge >= 0.3 is 5.97 Å². The summed E-state index contributed by atoms with van der Waals surface area (Å²) in [6.07, 6.45) is 0.949. The second kappa shape index (κ2) is 12.4. The van der Waals surface area contributed by atoms with Crippen LogP contribution in [0.2, 0.25) is 0 Å². The zero-order chi connectivity index (χ0) is 24.3. The van der Waals surface area contributed by atoms with Crippen molar-refractivity contribution in [2.75, 3.05) is 23.8 Å². The molecule has 0 aliphatic carbocycles. The van der Waals surface area contributed by atoms with E-state index in [4.69, 9.17) is 17.0 Å². The first-order chi connectivity index (χ1) is 16.6. The highest BCUT2D eigenvalue weighted by atomic mass is 32.1. The Kier molecular flexibility index (Phi) is 9.01. The number of carbonyl (C=O) groups is 1. The fourth-order valence-corrected chi connectivity index (χ4v) is 3.67. The molecule has 0 aromatic heterocycles. The molecule has 0 radical (unpaired) electrons. The van der Waals surface area contributed by atoms with E-state index in [9.17, 15) is 10.1 Å². The van der Waals surface area contributed by atoms with Crippen LogP contribution >= 0.6 is 12.2 Å². The Balaban J connectivity index is 1.82. The molecule has 34 heavy (non-hydrogen) atoms. The largest absolute Gasteiger partial charge is 0.462 e. The number of carbonyl (C=O) groups excluding carboxylic acids is 1. The number of esters is 1. The molecular weight excluding hydrogens is 444 g/mol. The topological polar surface area (TPSA) is 86.2 Å². The predicted molar refractivity (Wildman–Crippen MR) is 141 cm³/mol. The van der Waals surface area contributed by atoms with Gasteiger partial charge in [-0.15, -0.1) is 0 Å². The lowest BCUT2D eigenvalue weighted by atomic mass is 9.99. The van der Waals surface area contributed by atoms with Crippen LogP contribution in [0.3, 0.4) is 0 Å². The molecule has 3 rings (SSSR count). The van der Waals surface area contributed by atoms with Gasteiger partial charge in [0.2, 0.25) is 0 Å². The number of anilines is 2. The molecule has 0 saturated carbocycles. The Morgan fingerprint density at radius 3 is 2.50 bits per heavy atom. The highest BCUT2D eigenvalue weighted by Crippen LogP contribution is 2.29. The van der Waals surface area contributed by atoms with Gasteiger partial charge in [-0.2, -0.15) is 5.26 Å². The van der Waals surface area contributed by atoms with E-state index in [0.29, 0.717) is 34.2 Å². The van der Waals surface area contributed by atoms with Gasteiger partial charge in [0.1, 0.15) is 0 Å². The van der Waals surface area contributed by atoms with Crippen LogP contribution in [0.4, 0.5) is 11.4 Å². The summed E-state index contributed by atoms with van der Waals surface area (Å²) in [4.78, 5) is 12.6. The second-order valence-electron chi connectivity index (χ2n) is 7.54. The Bertz CT molecular complexity index is 1190. The molecule has 3 N–H and O–H groups in total. The van der Waals surface area contributed by atoms with Crippen LogP contribution in [0.25, 0.3) is 11.1 Å². The molecule has 0 saturated heterocycles. The molecular formula is C27H28N4O2S. The molecule has 174 valence electrons. The molecule has 0 atom stereocenters. The number of hydrogen-bond donors (Lipinski definition) is 3. The summed E-state index contributed by atoms with van der Waals surface area (Å²) in [6.45, 7) is 5.38. The molecule has 3 aromatic rings. The van der Waals surface area contributed by atoms with Gasteiger partial charge in [0.25, 0.3) is 0 Å². The van der Waals surface area contributed by atoms with Crippen molar-refractivity contribution >= 4 is 34.7 Å². The van der Waals surface area contributed by atoms with Crippen molar-refractivity contribution in [3.8, 4) is 17.2 Å². The molecule has 0 aliphatic heterocycles. The zero-order valence-electron chi connectivity index (χ0n) is 19.4. The Morgan fingerprint density at radius 2 is 1.79 bits per heavy atom. The third-order valence-corrected chi connectivity index (χ3v) is 5.37. The first-order valence-corrected chi connectivity index (χ1v) is 11.7. The number of benzene rings is 3. The Morgan fingerprint density at radius 1 is 1.03 bits per heavy atom. The lowest BCUT2D eigenvalue weighted by Crippen LogP contribution is -2.29. The zero-order valence-corrected chi connectivity index (χ0v) is 20.2. The summed E-state index contributed by atoms with van der Waals surface area (Å²) >= 11 is 5.39. The highest BCUT2D eigenvalue weighted by molar-refractivity contribution is 7.80. The summed E-state index contributed by atoms with van der Waals surface area (Å²) in [5.41, 5.74) is 5.29. The van der Waals surface area contributed by atoms with Crippen molar-refractivity contribution < 1.29 is 9.53 Å². The minimum Gasteiger partial charge on any atom is -0.462 e. The van der Waals surface area contributed by atoms with Crippen LogP contribution < -0.4 is 16.0 Å². The van der Waals surface area contributed by atoms with Crippen molar-refractivity contribution in [2.24, 2.45) is 0 Å². The van der Waals surface area contributed by atoms with E-state index in [1.165, 1.54) is 0 Å². The van der Waals surface area contributed by atoms with E-state index in [1.54, 1.807) is 19.1 Å². The van der Waals surface area contributed by atoms with E-state index in [0.717, 1.165) is 29.7 Å². The SMILES string of the molecule is CCCNC(=S)Nc1cccc(C(=O)OCC)c1NCc1ccc(-c2ccccc2C#N)cc1. The monoisotopic (exact) mass is 472 g/mol. The molecule has 0 spiro atoms. The number of hydrogen-bond acceptors (Lipinski definition) is 5. The van der Waals surface area contributed by atoms with Gasteiger partial charge in [0.05, 0.1) is 35.2 Å². The van der Waals surface area contributed by atoms with Crippen LogP contribution in [0, 0.1) is 11.3 Å². The maximum absolute atomic E-state index is 12.6. The lowest BCUT2D eigenvalue weighted by molar-refractivity contribution is 0.0527. The van der Waals surface area contributed by atoms with Crippen molar-refractivity contribution in [1.29, 1.82) is 5.26 Å². The highest BCUT2D eigenvalue weighted by Gasteiger charge is 2.17. The van der Waals surface area contributed by atoms with Gasteiger partial charge in [-0.1, -0.05) is 55.5 Å². The quantitative estimate of drug-likeness (QED) is 0.272. The van der Waals surface area contributed by atoms with E-state index in [1.807, 2.05) is 54.6 Å². The third kappa shape index (κ3) is 6.33. The molecule has 0 unspecified atom stereocenters. The second-order valence-corrected chi connectivity index (χ2v) is 7.95. The first kappa shape index (κ1) is 24.7. The molecule has 0 bridgehead atoms. The normalized spacial score (nSPS) is 10.1. The van der Waals surface area contributed by atoms with Crippen LogP contribution in [0.1, 0.15) is 41.8 Å². The molecule has 0 amide bonds. The van der Waals surface area contributed by atoms with Crippen LogP contribution in [0.15, 0.2) is 66.7 Å². The van der Waals surface area contributed by atoms with Crippen LogP contribution in [-0.4, -0.2) is 24.2 Å². The number of nitriles is 1. The van der Waals surface area contributed by atoms with Gasteiger partial charge in [-0.05, 0) is 60.5 Å². The smallest absolute Gasteiger partial charge is 0.340 e. The van der Waals surface area contributed by atoms with Gasteiger partial charge < -0.3 is 20.7 Å². The molecule has 0 aliphatic rings. The number of nitrogens with zero attached hydrogens (tertiary/aromatic N) is 1. The van der Waals surface area contributed by atoms with Crippen molar-refractivity contribution in [1.82, 2.24) is 5.32 Å². The van der Waals surface area contributed by atoms with Crippen molar-refractivity contribution in [3.63, 3.8) is 0 Å². The average molecular weight is 473 g/mol. The van der Waals surface area contributed by atoms with Gasteiger partial charge in [-0.25, -0.2) is 4.79 Å². The minimum absolute atomic E-state index is 0.290.